The third-order valence-electron chi connectivity index (χ3n) is 1.62. The van der Waals surface area contributed by atoms with Crippen molar-refractivity contribution in [2.75, 3.05) is 11.6 Å². The van der Waals surface area contributed by atoms with Gasteiger partial charge >= 0.3 is 0 Å². The van der Waals surface area contributed by atoms with Crippen molar-refractivity contribution in [1.29, 1.82) is 0 Å². The number of alkyl halides is 1. The van der Waals surface area contributed by atoms with E-state index in [1.807, 2.05) is 0 Å². The third-order valence-corrected chi connectivity index (χ3v) is 3.74. The van der Waals surface area contributed by atoms with Gasteiger partial charge in [-0.3, -0.25) is 0 Å². The summed E-state index contributed by atoms with van der Waals surface area (Å²) in [7, 11) is -3.33. The second-order valence-electron chi connectivity index (χ2n) is 3.21. The fourth-order valence-corrected chi connectivity index (χ4v) is 2.50. The number of halogens is 1. The first-order valence-electron chi connectivity index (χ1n) is 4.32. The molecule has 0 spiro atoms. The molecule has 0 aliphatic carbocycles. The van der Waals surface area contributed by atoms with Gasteiger partial charge in [0, 0.05) is 5.88 Å². The lowest BCUT2D eigenvalue weighted by Gasteiger charge is -2.08. The first-order valence-corrected chi connectivity index (χ1v) is 6.50. The molecular weight excluding hydrogens is 242 g/mol. The number of hydrogen-bond donors (Lipinski definition) is 1. The van der Waals surface area contributed by atoms with Crippen LogP contribution in [0, 0.1) is 5.92 Å². The Bertz CT molecular complexity index is 378. The van der Waals surface area contributed by atoms with Crippen molar-refractivity contribution in [3.63, 3.8) is 0 Å². The Balaban J connectivity index is 2.43. The van der Waals surface area contributed by atoms with E-state index < -0.39 is 10.0 Å². The van der Waals surface area contributed by atoms with E-state index in [4.69, 9.17) is 11.6 Å². The Morgan fingerprint density at radius 1 is 1.67 bits per heavy atom. The molecule has 8 heteroatoms. The highest BCUT2D eigenvalue weighted by atomic mass is 35.5. The van der Waals surface area contributed by atoms with Crippen molar-refractivity contribution in [1.82, 2.24) is 14.9 Å². The quantitative estimate of drug-likeness (QED) is 0.740. The van der Waals surface area contributed by atoms with Crippen LogP contribution in [0.4, 0.5) is 0 Å². The molecule has 0 fully saturated rings. The fourth-order valence-electron chi connectivity index (χ4n) is 0.923. The van der Waals surface area contributed by atoms with Crippen molar-refractivity contribution >= 4 is 21.6 Å². The lowest BCUT2D eigenvalue weighted by atomic mass is 10.3. The molecule has 1 aromatic heterocycles. The van der Waals surface area contributed by atoms with Gasteiger partial charge in [-0.1, -0.05) is 12.1 Å². The highest BCUT2D eigenvalue weighted by Crippen LogP contribution is 2.02. The summed E-state index contributed by atoms with van der Waals surface area (Å²) in [5, 5.41) is 3.48. The zero-order valence-electron chi connectivity index (χ0n) is 8.18. The number of rotatable bonds is 6. The smallest absolute Gasteiger partial charge is 0.213 e. The van der Waals surface area contributed by atoms with E-state index in [2.05, 4.69) is 19.4 Å². The number of hydrogen-bond acceptors (Lipinski definition) is 5. The van der Waals surface area contributed by atoms with Crippen molar-refractivity contribution in [2.45, 2.75) is 13.5 Å². The minimum absolute atomic E-state index is 0.00560. The maximum Gasteiger partial charge on any atom is 0.213 e. The Kier molecular flexibility index (Phi) is 4.49. The summed E-state index contributed by atoms with van der Waals surface area (Å²) in [6.45, 7) is 1.80. The Morgan fingerprint density at radius 2 is 2.40 bits per heavy atom. The van der Waals surface area contributed by atoms with Crippen LogP contribution in [-0.4, -0.2) is 30.2 Å². The molecule has 6 nitrogen and oxygen atoms in total. The van der Waals surface area contributed by atoms with Crippen LogP contribution in [0.25, 0.3) is 0 Å². The van der Waals surface area contributed by atoms with Crippen LogP contribution in [-0.2, 0) is 16.6 Å². The van der Waals surface area contributed by atoms with E-state index in [-0.39, 0.29) is 18.2 Å². The van der Waals surface area contributed by atoms with Crippen molar-refractivity contribution in [3.8, 4) is 0 Å². The predicted octanol–water partition coefficient (Wildman–Crippen LogP) is 0.364. The summed E-state index contributed by atoms with van der Waals surface area (Å²) in [6.07, 6.45) is 1.14. The van der Waals surface area contributed by atoms with E-state index in [1.165, 1.54) is 0 Å². The molecule has 0 saturated carbocycles. The second kappa shape index (κ2) is 5.43. The number of nitrogens with zero attached hydrogens (tertiary/aromatic N) is 2. The normalized spacial score (nSPS) is 14.0. The number of nitrogens with one attached hydrogen (secondary N) is 1. The van der Waals surface area contributed by atoms with Gasteiger partial charge in [0.15, 0.2) is 5.82 Å². The molecule has 1 unspecified atom stereocenters. The first kappa shape index (κ1) is 12.4. The molecule has 0 radical (unpaired) electrons. The monoisotopic (exact) mass is 253 g/mol. The Labute approximate surface area is 93.1 Å². The Morgan fingerprint density at radius 3 is 2.93 bits per heavy atom. The van der Waals surface area contributed by atoms with Gasteiger partial charge in [0.05, 0.1) is 12.3 Å². The van der Waals surface area contributed by atoms with Crippen LogP contribution < -0.4 is 4.72 Å². The Hall–Kier alpha value is -0.660. The summed E-state index contributed by atoms with van der Waals surface area (Å²) in [5.41, 5.74) is 0. The summed E-state index contributed by atoms with van der Waals surface area (Å²) >= 11 is 5.53. The van der Waals surface area contributed by atoms with E-state index in [0.717, 1.165) is 6.39 Å². The molecule has 0 amide bonds. The fraction of sp³-hybridized carbons (Fsp3) is 0.714. The average molecular weight is 254 g/mol. The molecule has 0 aromatic carbocycles. The van der Waals surface area contributed by atoms with Gasteiger partial charge in [0.1, 0.15) is 0 Å². The minimum Gasteiger partial charge on any atom is -0.343 e. The van der Waals surface area contributed by atoms with Crippen LogP contribution in [0.5, 0.6) is 0 Å². The van der Waals surface area contributed by atoms with Gasteiger partial charge in [0.25, 0.3) is 0 Å². The zero-order valence-corrected chi connectivity index (χ0v) is 9.75. The van der Waals surface area contributed by atoms with Crippen molar-refractivity contribution in [3.05, 3.63) is 12.2 Å². The molecule has 0 bridgehead atoms. The maximum atomic E-state index is 11.4. The van der Waals surface area contributed by atoms with Crippen LogP contribution in [0.15, 0.2) is 10.9 Å². The third kappa shape index (κ3) is 4.59. The van der Waals surface area contributed by atoms with Crippen molar-refractivity contribution < 1.29 is 12.9 Å². The largest absolute Gasteiger partial charge is 0.343 e. The van der Waals surface area contributed by atoms with E-state index in [1.54, 1.807) is 6.92 Å². The SMILES string of the molecule is CC(CCl)CS(=O)(=O)NCc1ncon1. The standard InChI is InChI=1S/C7H12ClN3O3S/c1-6(2-8)4-15(12,13)10-3-7-9-5-14-11-7/h5-6,10H,2-4H2,1H3. The molecule has 15 heavy (non-hydrogen) atoms. The second-order valence-corrected chi connectivity index (χ2v) is 5.37. The van der Waals surface area contributed by atoms with Crippen molar-refractivity contribution in [2.24, 2.45) is 5.92 Å². The molecule has 0 aliphatic heterocycles. The van der Waals surface area contributed by atoms with Gasteiger partial charge in [-0.15, -0.1) is 11.6 Å². The molecule has 0 saturated heterocycles. The average Bonchev–Trinajstić information content (AvgIpc) is 2.66. The topological polar surface area (TPSA) is 85.1 Å². The molecular formula is C7H12ClN3O3S. The number of aromatic nitrogens is 2. The molecule has 0 aliphatic rings. The molecule has 1 heterocycles. The number of sulfonamides is 1. The molecule has 1 rings (SSSR count). The highest BCUT2D eigenvalue weighted by Gasteiger charge is 2.15. The lowest BCUT2D eigenvalue weighted by molar-refractivity contribution is 0.409. The predicted molar refractivity (Wildman–Crippen MR) is 54.8 cm³/mol. The summed E-state index contributed by atoms with van der Waals surface area (Å²) in [5.74, 6) is 0.517. The van der Waals surface area contributed by atoms with Crippen LogP contribution in [0.2, 0.25) is 0 Å². The van der Waals surface area contributed by atoms with E-state index in [9.17, 15) is 8.42 Å². The molecule has 1 atom stereocenters. The molecule has 1 aromatic rings. The molecule has 86 valence electrons. The van der Waals surface area contributed by atoms with Gasteiger partial charge < -0.3 is 4.52 Å². The summed E-state index contributed by atoms with van der Waals surface area (Å²) in [6, 6.07) is 0. The highest BCUT2D eigenvalue weighted by molar-refractivity contribution is 7.89. The lowest BCUT2D eigenvalue weighted by Crippen LogP contribution is -2.29. The zero-order chi connectivity index (χ0) is 11.3. The van der Waals surface area contributed by atoms with Crippen LogP contribution in [0.3, 0.4) is 0 Å². The minimum atomic E-state index is -3.33. The summed E-state index contributed by atoms with van der Waals surface area (Å²) in [4.78, 5) is 3.69. The van der Waals surface area contributed by atoms with Gasteiger partial charge in [-0.25, -0.2) is 13.1 Å². The van der Waals surface area contributed by atoms with Gasteiger partial charge in [-0.05, 0) is 5.92 Å². The summed E-state index contributed by atoms with van der Waals surface area (Å²) < 4.78 is 29.7. The van der Waals surface area contributed by atoms with Gasteiger partial charge in [-0.2, -0.15) is 4.98 Å². The van der Waals surface area contributed by atoms with E-state index >= 15 is 0 Å². The van der Waals surface area contributed by atoms with Crippen LogP contribution in [0.1, 0.15) is 12.7 Å². The van der Waals surface area contributed by atoms with Gasteiger partial charge in [0.2, 0.25) is 16.4 Å². The maximum absolute atomic E-state index is 11.4. The first-order chi connectivity index (χ1) is 7.03. The van der Waals surface area contributed by atoms with E-state index in [0.29, 0.717) is 11.7 Å². The molecule has 1 N–H and O–H groups in total. The van der Waals surface area contributed by atoms with Crippen LogP contribution >= 0.6 is 11.6 Å².